The SMILES string of the molecule is Cc1cc(C)nc(SCc2cc(=O)c3c(=O)n(-c4nc5ccccc5s4)[nH]c3[nH]2)n1. The first-order valence-corrected chi connectivity index (χ1v) is 11.0. The lowest BCUT2D eigenvalue weighted by molar-refractivity contribution is 0.850. The van der Waals surface area contributed by atoms with Crippen LogP contribution in [0.25, 0.3) is 26.4 Å². The molecule has 4 heterocycles. The van der Waals surface area contributed by atoms with Crippen molar-refractivity contribution < 1.29 is 0 Å². The van der Waals surface area contributed by atoms with Gasteiger partial charge >= 0.3 is 0 Å². The van der Waals surface area contributed by atoms with Crippen molar-refractivity contribution in [3.05, 3.63) is 74.1 Å². The van der Waals surface area contributed by atoms with E-state index in [-0.39, 0.29) is 10.8 Å². The van der Waals surface area contributed by atoms with E-state index in [1.165, 1.54) is 33.8 Å². The van der Waals surface area contributed by atoms with E-state index in [1.54, 1.807) is 0 Å². The number of thiazole rings is 1. The summed E-state index contributed by atoms with van der Waals surface area (Å²) in [5.74, 6) is 0.475. The van der Waals surface area contributed by atoms with Crippen LogP contribution in [0.4, 0.5) is 0 Å². The number of aromatic amines is 2. The van der Waals surface area contributed by atoms with Crippen molar-refractivity contribution in [2.75, 3.05) is 0 Å². The van der Waals surface area contributed by atoms with Gasteiger partial charge < -0.3 is 4.98 Å². The lowest BCUT2D eigenvalue weighted by Crippen LogP contribution is -2.18. The molecule has 0 saturated heterocycles. The van der Waals surface area contributed by atoms with Gasteiger partial charge in [-0.15, -0.1) is 0 Å². The maximum atomic E-state index is 12.8. The highest BCUT2D eigenvalue weighted by Gasteiger charge is 2.16. The van der Waals surface area contributed by atoms with Gasteiger partial charge in [-0.1, -0.05) is 35.2 Å². The van der Waals surface area contributed by atoms with Crippen molar-refractivity contribution in [1.29, 1.82) is 0 Å². The molecular formula is C20H16N6O2S2. The monoisotopic (exact) mass is 436 g/mol. The Balaban J connectivity index is 1.52. The summed E-state index contributed by atoms with van der Waals surface area (Å²) in [7, 11) is 0. The van der Waals surface area contributed by atoms with Crippen LogP contribution in [0.2, 0.25) is 0 Å². The predicted octanol–water partition coefficient (Wildman–Crippen LogP) is 3.32. The molecule has 0 unspecified atom stereocenters. The van der Waals surface area contributed by atoms with E-state index in [4.69, 9.17) is 0 Å². The molecular weight excluding hydrogens is 420 g/mol. The number of aromatic nitrogens is 6. The van der Waals surface area contributed by atoms with Gasteiger partial charge in [-0.25, -0.2) is 15.0 Å². The zero-order chi connectivity index (χ0) is 20.8. The van der Waals surface area contributed by atoms with Gasteiger partial charge in [-0.05, 0) is 32.0 Å². The molecule has 30 heavy (non-hydrogen) atoms. The number of hydrogen-bond donors (Lipinski definition) is 2. The van der Waals surface area contributed by atoms with Crippen LogP contribution in [0.15, 0.2) is 51.1 Å². The number of para-hydroxylation sites is 1. The van der Waals surface area contributed by atoms with Crippen LogP contribution in [0.3, 0.4) is 0 Å². The van der Waals surface area contributed by atoms with Crippen molar-refractivity contribution in [2.45, 2.75) is 24.8 Å². The Hall–Kier alpha value is -3.24. The zero-order valence-corrected chi connectivity index (χ0v) is 17.7. The fourth-order valence-corrected chi connectivity index (χ4v) is 5.03. The summed E-state index contributed by atoms with van der Waals surface area (Å²) in [6.07, 6.45) is 0. The molecule has 2 N–H and O–H groups in total. The lowest BCUT2D eigenvalue weighted by atomic mass is 10.3. The Labute approximate surface area is 178 Å². The summed E-state index contributed by atoms with van der Waals surface area (Å²) < 4.78 is 2.28. The van der Waals surface area contributed by atoms with Crippen molar-refractivity contribution in [3.63, 3.8) is 0 Å². The maximum Gasteiger partial charge on any atom is 0.286 e. The number of thioether (sulfide) groups is 1. The largest absolute Gasteiger partial charge is 0.343 e. The summed E-state index contributed by atoms with van der Waals surface area (Å²) >= 11 is 2.81. The standard InChI is InChI=1S/C20H16N6O2S2/c1-10-7-11(2)22-19(21-10)29-9-12-8-14(27)16-17(23-12)25-26(18(16)28)20-24-13-5-3-4-6-15(13)30-20/h3-8H,9H2,1-2H3,(H2,23,25,27). The molecule has 5 rings (SSSR count). The highest BCUT2D eigenvalue weighted by atomic mass is 32.2. The minimum absolute atomic E-state index is 0.0886. The molecule has 0 spiro atoms. The Morgan fingerprint density at radius 1 is 1.07 bits per heavy atom. The molecule has 0 bridgehead atoms. The maximum absolute atomic E-state index is 12.8. The molecule has 5 aromatic rings. The van der Waals surface area contributed by atoms with Crippen LogP contribution in [-0.2, 0) is 5.75 Å². The van der Waals surface area contributed by atoms with Crippen LogP contribution < -0.4 is 11.0 Å². The summed E-state index contributed by atoms with van der Waals surface area (Å²) in [4.78, 5) is 42.0. The van der Waals surface area contributed by atoms with Crippen LogP contribution in [-0.4, -0.2) is 29.7 Å². The summed E-state index contributed by atoms with van der Waals surface area (Å²) in [6.45, 7) is 3.84. The van der Waals surface area contributed by atoms with E-state index >= 15 is 0 Å². The molecule has 0 amide bonds. The number of fused-ring (bicyclic) bond motifs is 2. The first-order valence-electron chi connectivity index (χ1n) is 9.16. The first-order chi connectivity index (χ1) is 14.5. The van der Waals surface area contributed by atoms with E-state index in [0.717, 1.165) is 21.6 Å². The molecule has 0 radical (unpaired) electrons. The molecule has 4 aromatic heterocycles. The Kier molecular flexibility index (Phi) is 4.52. The normalized spacial score (nSPS) is 11.5. The summed E-state index contributed by atoms with van der Waals surface area (Å²) in [5, 5.41) is 4.22. The minimum atomic E-state index is -0.415. The van der Waals surface area contributed by atoms with Crippen LogP contribution in [0.1, 0.15) is 17.1 Å². The molecule has 0 aliphatic rings. The van der Waals surface area contributed by atoms with Gasteiger partial charge in [-0.3, -0.25) is 14.7 Å². The molecule has 10 heteroatoms. The Morgan fingerprint density at radius 2 is 1.83 bits per heavy atom. The van der Waals surface area contributed by atoms with E-state index in [0.29, 0.717) is 27.4 Å². The van der Waals surface area contributed by atoms with Crippen molar-refractivity contribution in [2.24, 2.45) is 0 Å². The number of nitrogens with zero attached hydrogens (tertiary/aromatic N) is 4. The van der Waals surface area contributed by atoms with Crippen LogP contribution in [0.5, 0.6) is 0 Å². The van der Waals surface area contributed by atoms with Gasteiger partial charge in [0.1, 0.15) is 11.0 Å². The highest BCUT2D eigenvalue weighted by molar-refractivity contribution is 7.98. The molecule has 0 aliphatic carbocycles. The number of nitrogens with one attached hydrogen (secondary N) is 2. The third-order valence-electron chi connectivity index (χ3n) is 4.52. The predicted molar refractivity (Wildman–Crippen MR) is 119 cm³/mol. The highest BCUT2D eigenvalue weighted by Crippen LogP contribution is 2.24. The fraction of sp³-hybridized carbons (Fsp3) is 0.150. The second-order valence-corrected chi connectivity index (χ2v) is 8.80. The summed E-state index contributed by atoms with van der Waals surface area (Å²) in [5.41, 5.74) is 2.91. The van der Waals surface area contributed by atoms with E-state index < -0.39 is 5.56 Å². The molecule has 150 valence electrons. The van der Waals surface area contributed by atoms with E-state index in [2.05, 4.69) is 25.0 Å². The second-order valence-electron chi connectivity index (χ2n) is 6.85. The number of pyridine rings is 1. The molecule has 0 saturated carbocycles. The third-order valence-corrected chi connectivity index (χ3v) is 6.44. The molecule has 0 atom stereocenters. The lowest BCUT2D eigenvalue weighted by Gasteiger charge is -2.03. The van der Waals surface area contributed by atoms with Crippen LogP contribution >= 0.6 is 23.1 Å². The zero-order valence-electron chi connectivity index (χ0n) is 16.1. The van der Waals surface area contributed by atoms with Gasteiger partial charge in [-0.2, -0.15) is 4.68 Å². The number of rotatable bonds is 4. The number of aryl methyl sites for hydroxylation is 2. The van der Waals surface area contributed by atoms with Crippen molar-refractivity contribution in [1.82, 2.24) is 29.7 Å². The van der Waals surface area contributed by atoms with Gasteiger partial charge in [0.05, 0.1) is 10.2 Å². The average molecular weight is 437 g/mol. The van der Waals surface area contributed by atoms with Gasteiger partial charge in [0.2, 0.25) is 5.13 Å². The van der Waals surface area contributed by atoms with Gasteiger partial charge in [0.15, 0.2) is 10.6 Å². The number of benzene rings is 1. The van der Waals surface area contributed by atoms with Crippen molar-refractivity contribution >= 4 is 44.3 Å². The number of hydrogen-bond acceptors (Lipinski definition) is 7. The fourth-order valence-electron chi connectivity index (χ4n) is 3.25. The minimum Gasteiger partial charge on any atom is -0.343 e. The average Bonchev–Trinajstić information content (AvgIpc) is 3.27. The Bertz CT molecular complexity index is 1470. The molecule has 0 fully saturated rings. The van der Waals surface area contributed by atoms with E-state index in [9.17, 15) is 9.59 Å². The van der Waals surface area contributed by atoms with Crippen LogP contribution in [0, 0.1) is 13.8 Å². The quantitative estimate of drug-likeness (QED) is 0.330. The third kappa shape index (κ3) is 3.33. The summed E-state index contributed by atoms with van der Waals surface area (Å²) in [6, 6.07) is 11.0. The van der Waals surface area contributed by atoms with Gasteiger partial charge in [0, 0.05) is 28.9 Å². The van der Waals surface area contributed by atoms with Gasteiger partial charge in [0.25, 0.3) is 5.56 Å². The number of H-pyrrole nitrogens is 2. The van der Waals surface area contributed by atoms with E-state index in [1.807, 2.05) is 44.2 Å². The van der Waals surface area contributed by atoms with Crippen molar-refractivity contribution in [3.8, 4) is 5.13 Å². The molecule has 1 aromatic carbocycles. The first kappa shape index (κ1) is 18.8. The molecule has 0 aliphatic heterocycles. The Morgan fingerprint density at radius 3 is 2.60 bits per heavy atom. The second kappa shape index (κ2) is 7.22. The topological polar surface area (TPSA) is 109 Å². The smallest absolute Gasteiger partial charge is 0.286 e. The molecule has 8 nitrogen and oxygen atoms in total.